The summed E-state index contributed by atoms with van der Waals surface area (Å²) in [6, 6.07) is 0.495. The minimum absolute atomic E-state index is 0.495. The van der Waals surface area contributed by atoms with Crippen LogP contribution >= 0.6 is 11.8 Å². The van der Waals surface area contributed by atoms with Gasteiger partial charge in [0.1, 0.15) is 12.4 Å². The van der Waals surface area contributed by atoms with E-state index < -0.39 is 0 Å². The number of hydrogen-bond donors (Lipinski definition) is 2. The van der Waals surface area contributed by atoms with Crippen LogP contribution in [0.3, 0.4) is 0 Å². The third-order valence-corrected chi connectivity index (χ3v) is 7.21. The molecule has 30 heavy (non-hydrogen) atoms. The van der Waals surface area contributed by atoms with Gasteiger partial charge < -0.3 is 19.9 Å². The lowest BCUT2D eigenvalue weighted by Gasteiger charge is -2.30. The molecule has 0 spiro atoms. The highest BCUT2D eigenvalue weighted by Crippen LogP contribution is 2.28. The Morgan fingerprint density at radius 3 is 2.83 bits per heavy atom. The topological polar surface area (TPSA) is 79.6 Å². The normalized spacial score (nSPS) is 23.5. The van der Waals surface area contributed by atoms with Gasteiger partial charge in [0.2, 0.25) is 0 Å². The predicted molar refractivity (Wildman–Crippen MR) is 124 cm³/mol. The quantitative estimate of drug-likeness (QED) is 0.347. The summed E-state index contributed by atoms with van der Waals surface area (Å²) in [6.45, 7) is 10.6. The summed E-state index contributed by atoms with van der Waals surface area (Å²) in [5.74, 6) is 3.92. The molecule has 3 rings (SSSR count). The summed E-state index contributed by atoms with van der Waals surface area (Å²) in [5, 5.41) is 16.5. The first kappa shape index (κ1) is 23.3. The molecular weight excluding hydrogens is 398 g/mol. The van der Waals surface area contributed by atoms with Crippen molar-refractivity contribution in [1.29, 1.82) is 0 Å². The number of guanidine groups is 1. The second-order valence-electron chi connectivity index (χ2n) is 8.21. The second kappa shape index (κ2) is 12.5. The Morgan fingerprint density at radius 1 is 1.27 bits per heavy atom. The molecular formula is C21H39N7OS. The molecule has 2 aliphatic rings. The number of hydrogen-bond acceptors (Lipinski definition) is 6. The highest BCUT2D eigenvalue weighted by Gasteiger charge is 2.22. The van der Waals surface area contributed by atoms with Gasteiger partial charge in [-0.2, -0.15) is 11.8 Å². The number of ether oxygens (including phenoxy) is 1. The maximum atomic E-state index is 5.44. The van der Waals surface area contributed by atoms with Crippen LogP contribution in [0.2, 0.25) is 0 Å². The lowest BCUT2D eigenvalue weighted by molar-refractivity contribution is 0.0376. The molecule has 0 aromatic carbocycles. The van der Waals surface area contributed by atoms with Crippen LogP contribution in [-0.2, 0) is 18.3 Å². The Bertz CT molecular complexity index is 658. The molecule has 1 aliphatic carbocycles. The Morgan fingerprint density at radius 2 is 2.10 bits per heavy atom. The third kappa shape index (κ3) is 7.42. The molecule has 2 atom stereocenters. The first-order chi connectivity index (χ1) is 14.7. The molecule has 2 fully saturated rings. The summed E-state index contributed by atoms with van der Waals surface area (Å²) in [4.78, 5) is 7.33. The summed E-state index contributed by atoms with van der Waals surface area (Å²) >= 11 is 2.10. The van der Waals surface area contributed by atoms with E-state index in [-0.39, 0.29) is 0 Å². The number of aromatic nitrogens is 3. The maximum Gasteiger partial charge on any atom is 0.191 e. The van der Waals surface area contributed by atoms with Gasteiger partial charge in [0.05, 0.1) is 13.2 Å². The number of aliphatic imine (C=N–C) groups is 1. The van der Waals surface area contributed by atoms with Crippen molar-refractivity contribution < 1.29 is 4.74 Å². The lowest BCUT2D eigenvalue weighted by atomic mass is 9.95. The van der Waals surface area contributed by atoms with E-state index in [9.17, 15) is 0 Å². The van der Waals surface area contributed by atoms with E-state index in [0.717, 1.165) is 68.7 Å². The minimum Gasteiger partial charge on any atom is -0.379 e. The van der Waals surface area contributed by atoms with Crippen LogP contribution in [0.4, 0.5) is 0 Å². The first-order valence-electron chi connectivity index (χ1n) is 11.5. The molecule has 2 N–H and O–H groups in total. The summed E-state index contributed by atoms with van der Waals surface area (Å²) in [5.41, 5.74) is 0. The molecule has 1 aromatic heterocycles. The molecule has 170 valence electrons. The molecule has 1 aromatic rings. The highest BCUT2D eigenvalue weighted by atomic mass is 32.2. The molecule has 1 saturated heterocycles. The smallest absolute Gasteiger partial charge is 0.191 e. The lowest BCUT2D eigenvalue weighted by Crippen LogP contribution is -2.46. The van der Waals surface area contributed by atoms with Crippen LogP contribution in [0, 0.1) is 6.92 Å². The number of aryl methyl sites for hydroxylation is 1. The zero-order valence-electron chi connectivity index (χ0n) is 18.9. The maximum absolute atomic E-state index is 5.44. The highest BCUT2D eigenvalue weighted by molar-refractivity contribution is 7.99. The van der Waals surface area contributed by atoms with Gasteiger partial charge in [-0.1, -0.05) is 13.3 Å². The zero-order chi connectivity index (χ0) is 21.2. The monoisotopic (exact) mass is 437 g/mol. The van der Waals surface area contributed by atoms with Crippen molar-refractivity contribution in [2.24, 2.45) is 12.0 Å². The molecule has 9 heteroatoms. The van der Waals surface area contributed by atoms with Crippen LogP contribution < -0.4 is 10.6 Å². The number of nitrogens with zero attached hydrogens (tertiary/aromatic N) is 5. The second-order valence-corrected chi connectivity index (χ2v) is 9.78. The van der Waals surface area contributed by atoms with E-state index >= 15 is 0 Å². The SMILES string of the molecule is CCSC1CCCC(NC(=NCc2nnc(C)n2C)NCCCN2CCOCC2)C1. The number of nitrogens with one attached hydrogen (secondary N) is 2. The standard InChI is InChI=1S/C21H39N7OS/c1-4-30-19-8-5-7-18(15-19)24-21(23-16-20-26-25-17(2)27(20)3)22-9-6-10-28-11-13-29-14-12-28/h18-19H,4-16H2,1-3H3,(H2,22,23,24). The molecule has 2 heterocycles. The largest absolute Gasteiger partial charge is 0.379 e. The van der Waals surface area contributed by atoms with Gasteiger partial charge in [-0.3, -0.25) is 4.90 Å². The van der Waals surface area contributed by atoms with Crippen molar-refractivity contribution in [2.75, 3.05) is 45.1 Å². The Kier molecular flexibility index (Phi) is 9.74. The molecule has 1 saturated carbocycles. The van der Waals surface area contributed by atoms with Crippen LogP contribution in [-0.4, -0.2) is 82.1 Å². The van der Waals surface area contributed by atoms with Crippen LogP contribution in [0.15, 0.2) is 4.99 Å². The van der Waals surface area contributed by atoms with Crippen molar-refractivity contribution in [3.8, 4) is 0 Å². The summed E-state index contributed by atoms with van der Waals surface area (Å²) in [7, 11) is 2.00. The van der Waals surface area contributed by atoms with E-state index in [4.69, 9.17) is 9.73 Å². The Hall–Kier alpha value is -1.32. The molecule has 0 radical (unpaired) electrons. The van der Waals surface area contributed by atoms with Gasteiger partial charge in [0, 0.05) is 38.0 Å². The van der Waals surface area contributed by atoms with Crippen LogP contribution in [0.25, 0.3) is 0 Å². The van der Waals surface area contributed by atoms with Crippen molar-refractivity contribution in [1.82, 2.24) is 30.3 Å². The average Bonchev–Trinajstić information content (AvgIpc) is 3.08. The number of rotatable bonds is 9. The van der Waals surface area contributed by atoms with E-state index in [1.54, 1.807) is 0 Å². The first-order valence-corrected chi connectivity index (χ1v) is 12.5. The van der Waals surface area contributed by atoms with E-state index in [1.165, 1.54) is 31.4 Å². The molecule has 8 nitrogen and oxygen atoms in total. The molecule has 0 bridgehead atoms. The van der Waals surface area contributed by atoms with Gasteiger partial charge >= 0.3 is 0 Å². The van der Waals surface area contributed by atoms with Gasteiger partial charge in [0.25, 0.3) is 0 Å². The van der Waals surface area contributed by atoms with Crippen molar-refractivity contribution in [2.45, 2.75) is 63.8 Å². The van der Waals surface area contributed by atoms with E-state index in [1.807, 2.05) is 18.5 Å². The van der Waals surface area contributed by atoms with Gasteiger partial charge in [-0.25, -0.2) is 4.99 Å². The van der Waals surface area contributed by atoms with Crippen molar-refractivity contribution >= 4 is 17.7 Å². The molecule has 2 unspecified atom stereocenters. The number of morpholine rings is 1. The van der Waals surface area contributed by atoms with E-state index in [0.29, 0.717) is 12.6 Å². The fraction of sp³-hybridized carbons (Fsp3) is 0.857. The molecule has 1 aliphatic heterocycles. The summed E-state index contributed by atoms with van der Waals surface area (Å²) in [6.07, 6.45) is 6.17. The predicted octanol–water partition coefficient (Wildman–Crippen LogP) is 1.95. The van der Waals surface area contributed by atoms with Crippen molar-refractivity contribution in [3.05, 3.63) is 11.6 Å². The minimum atomic E-state index is 0.495. The Balaban J connectivity index is 1.53. The van der Waals surface area contributed by atoms with Crippen LogP contribution in [0.1, 0.15) is 50.7 Å². The fourth-order valence-electron chi connectivity index (χ4n) is 4.08. The van der Waals surface area contributed by atoms with Gasteiger partial charge in [-0.05, 0) is 44.9 Å². The van der Waals surface area contributed by atoms with E-state index in [2.05, 4.69) is 44.4 Å². The van der Waals surface area contributed by atoms with Crippen molar-refractivity contribution in [3.63, 3.8) is 0 Å². The molecule has 0 amide bonds. The van der Waals surface area contributed by atoms with Crippen LogP contribution in [0.5, 0.6) is 0 Å². The van der Waals surface area contributed by atoms with Gasteiger partial charge in [-0.15, -0.1) is 10.2 Å². The fourth-order valence-corrected chi connectivity index (χ4v) is 5.25. The Labute approximate surface area is 185 Å². The summed E-state index contributed by atoms with van der Waals surface area (Å²) < 4.78 is 7.45. The number of thioether (sulfide) groups is 1. The van der Waals surface area contributed by atoms with Gasteiger partial charge in [0.15, 0.2) is 11.8 Å². The third-order valence-electron chi connectivity index (χ3n) is 5.98. The average molecular weight is 438 g/mol. The zero-order valence-corrected chi connectivity index (χ0v) is 19.7.